The lowest BCUT2D eigenvalue weighted by atomic mass is 9.77. The minimum atomic E-state index is -1.32. The number of methoxy groups -OCH3 is 2. The number of rotatable bonds is 12. The first-order valence-corrected chi connectivity index (χ1v) is 13.5. The van der Waals surface area contributed by atoms with Gasteiger partial charge in [-0.05, 0) is 41.8 Å². The second-order valence-electron chi connectivity index (χ2n) is 9.85. The van der Waals surface area contributed by atoms with Crippen LogP contribution in [-0.4, -0.2) is 90.0 Å². The number of para-hydroxylation sites is 1. The Morgan fingerprint density at radius 3 is 2.46 bits per heavy atom. The molecule has 0 saturated heterocycles. The third-order valence-electron chi connectivity index (χ3n) is 7.49. The Morgan fingerprint density at radius 2 is 1.80 bits per heavy atom. The van der Waals surface area contributed by atoms with Gasteiger partial charge in [-0.1, -0.05) is 25.1 Å². The Morgan fingerprint density at radius 1 is 1.07 bits per heavy atom. The van der Waals surface area contributed by atoms with Crippen LogP contribution in [0.5, 0.6) is 17.2 Å². The number of benzene rings is 2. The molecular weight excluding hydrogens is 532 g/mol. The van der Waals surface area contributed by atoms with E-state index < -0.39 is 41.8 Å². The van der Waals surface area contributed by atoms with Crippen molar-refractivity contribution in [3.63, 3.8) is 0 Å². The zero-order chi connectivity index (χ0) is 29.7. The summed E-state index contributed by atoms with van der Waals surface area (Å²) in [6.07, 6.45) is -0.543. The van der Waals surface area contributed by atoms with E-state index in [2.05, 4.69) is 5.32 Å². The van der Waals surface area contributed by atoms with E-state index in [4.69, 9.17) is 14.2 Å². The van der Waals surface area contributed by atoms with Crippen LogP contribution < -0.4 is 19.5 Å². The first-order chi connectivity index (χ1) is 19.8. The number of carbonyl (C=O) groups excluding carboxylic acids is 3. The number of hydrogen-bond donors (Lipinski definition) is 4. The molecule has 4 atom stereocenters. The maximum absolute atomic E-state index is 13.4. The van der Waals surface area contributed by atoms with Crippen LogP contribution in [-0.2, 0) is 27.4 Å². The molecule has 0 radical (unpaired) electrons. The molecule has 0 saturated carbocycles. The van der Waals surface area contributed by atoms with Gasteiger partial charge in [0.25, 0.3) is 5.91 Å². The van der Waals surface area contributed by atoms with Crippen molar-refractivity contribution < 1.29 is 43.9 Å². The number of ether oxygens (including phenoxy) is 3. The number of fused-ring (bicyclic) bond motifs is 3. The minimum absolute atomic E-state index is 0.0146. The van der Waals surface area contributed by atoms with Crippen LogP contribution in [0.1, 0.15) is 36.0 Å². The molecule has 4 rings (SSSR count). The van der Waals surface area contributed by atoms with Crippen molar-refractivity contribution in [2.24, 2.45) is 0 Å². The quantitative estimate of drug-likeness (QED) is 0.273. The van der Waals surface area contributed by atoms with Crippen LogP contribution in [0.15, 0.2) is 48.0 Å². The van der Waals surface area contributed by atoms with E-state index in [1.807, 2.05) is 18.2 Å². The lowest BCUT2D eigenvalue weighted by molar-refractivity contribution is -0.148. The molecule has 2 amide bonds. The van der Waals surface area contributed by atoms with E-state index in [1.165, 1.54) is 18.1 Å². The van der Waals surface area contributed by atoms with Gasteiger partial charge in [-0.15, -0.1) is 0 Å². The monoisotopic (exact) mass is 568 g/mol. The van der Waals surface area contributed by atoms with E-state index in [9.17, 15) is 29.7 Å². The Kier molecular flexibility index (Phi) is 9.64. The number of ketones is 1. The molecular formula is C30H36N2O9. The fourth-order valence-electron chi connectivity index (χ4n) is 5.47. The number of nitrogens with zero attached hydrogens (tertiary/aromatic N) is 1. The molecule has 0 unspecified atom stereocenters. The largest absolute Gasteiger partial charge is 0.496 e. The summed E-state index contributed by atoms with van der Waals surface area (Å²) in [5, 5.41) is 33.5. The number of carbonyl (C=O) groups is 3. The predicted octanol–water partition coefficient (Wildman–Crippen LogP) is 0.869. The molecule has 11 nitrogen and oxygen atoms in total. The number of aliphatic hydroxyl groups is 3. The Balaban J connectivity index is 1.79. The molecule has 4 N–H and O–H groups in total. The van der Waals surface area contributed by atoms with Crippen LogP contribution in [0.4, 0.5) is 0 Å². The highest BCUT2D eigenvalue weighted by atomic mass is 16.5. The molecule has 41 heavy (non-hydrogen) atoms. The van der Waals surface area contributed by atoms with Gasteiger partial charge in [-0.2, -0.15) is 0 Å². The highest BCUT2D eigenvalue weighted by molar-refractivity contribution is 6.36. The Bertz CT molecular complexity index is 1330. The minimum Gasteiger partial charge on any atom is -0.496 e. The Hall–Kier alpha value is -3.93. The molecule has 2 aliphatic rings. The van der Waals surface area contributed by atoms with Crippen molar-refractivity contribution in [1.29, 1.82) is 0 Å². The van der Waals surface area contributed by atoms with E-state index in [1.54, 1.807) is 32.2 Å². The molecule has 1 aliphatic heterocycles. The zero-order valence-electron chi connectivity index (χ0n) is 23.3. The molecule has 2 aromatic rings. The van der Waals surface area contributed by atoms with E-state index in [-0.39, 0.29) is 38.3 Å². The van der Waals surface area contributed by atoms with Crippen molar-refractivity contribution in [1.82, 2.24) is 10.2 Å². The van der Waals surface area contributed by atoms with Gasteiger partial charge < -0.3 is 39.7 Å². The summed E-state index contributed by atoms with van der Waals surface area (Å²) >= 11 is 0. The number of nitrogens with one attached hydrogen (secondary N) is 1. The van der Waals surface area contributed by atoms with Gasteiger partial charge in [0.1, 0.15) is 18.0 Å². The van der Waals surface area contributed by atoms with Crippen molar-refractivity contribution in [3.8, 4) is 17.2 Å². The van der Waals surface area contributed by atoms with Gasteiger partial charge in [0, 0.05) is 30.6 Å². The number of amides is 2. The molecule has 220 valence electrons. The molecule has 11 heteroatoms. The van der Waals surface area contributed by atoms with E-state index in [0.717, 1.165) is 5.56 Å². The predicted molar refractivity (Wildman–Crippen MR) is 148 cm³/mol. The standard InChI is InChI=1S/C30H36N2O9/c1-4-22(35)30(38)32(11-9-18-7-5-6-8-23(18)39-2)21-15-20(29(37)31-10-12-33)25-19-13-17(16-34)14-24(40-3)27(19)41-28(25)26(21)36/h5-8,13-15,21,25-26,28,33-34,36H,4,9-12,16H2,1-3H3,(H,31,37)/t21-,25+,26+,28+/m1/s1. The number of aliphatic hydroxyl groups excluding tert-OH is 3. The second-order valence-corrected chi connectivity index (χ2v) is 9.85. The molecule has 0 aromatic heterocycles. The van der Waals surface area contributed by atoms with Crippen LogP contribution in [0, 0.1) is 0 Å². The molecule has 0 spiro atoms. The fraction of sp³-hybridized carbons (Fsp3) is 0.433. The first kappa shape index (κ1) is 30.0. The first-order valence-electron chi connectivity index (χ1n) is 13.5. The average Bonchev–Trinajstić information content (AvgIpc) is 3.39. The highest BCUT2D eigenvalue weighted by Crippen LogP contribution is 2.51. The SMILES string of the molecule is CCC(=O)C(=O)N(CCc1ccccc1OC)[C@@H]1C=C(C(=O)NCCO)[C@@H]2c3cc(CO)cc(OC)c3O[C@@H]2[C@H]1O. The van der Waals surface area contributed by atoms with Gasteiger partial charge in [0.15, 0.2) is 11.5 Å². The lowest BCUT2D eigenvalue weighted by Crippen LogP contribution is -2.57. The molecule has 1 aliphatic carbocycles. The van der Waals surface area contributed by atoms with Gasteiger partial charge in [-0.25, -0.2) is 0 Å². The molecule has 1 heterocycles. The molecule has 0 fully saturated rings. The fourth-order valence-corrected chi connectivity index (χ4v) is 5.47. The van der Waals surface area contributed by atoms with Crippen molar-refractivity contribution in [2.45, 2.75) is 50.5 Å². The van der Waals surface area contributed by atoms with Crippen molar-refractivity contribution >= 4 is 17.6 Å². The number of Topliss-reactive ketones (excluding diaryl/α,β-unsaturated/α-hetero) is 1. The highest BCUT2D eigenvalue weighted by Gasteiger charge is 2.51. The summed E-state index contributed by atoms with van der Waals surface area (Å²) in [6, 6.07) is 9.51. The molecule has 2 aromatic carbocycles. The van der Waals surface area contributed by atoms with E-state index in [0.29, 0.717) is 34.8 Å². The molecule has 0 bridgehead atoms. The van der Waals surface area contributed by atoms with Crippen molar-refractivity contribution in [3.05, 3.63) is 64.7 Å². The maximum atomic E-state index is 13.4. The van der Waals surface area contributed by atoms with Gasteiger partial charge in [0.05, 0.1) is 39.4 Å². The summed E-state index contributed by atoms with van der Waals surface area (Å²) in [6.45, 7) is 1.04. The summed E-state index contributed by atoms with van der Waals surface area (Å²) in [7, 11) is 2.99. The van der Waals surface area contributed by atoms with Gasteiger partial charge in [0.2, 0.25) is 11.7 Å². The van der Waals surface area contributed by atoms with Crippen molar-refractivity contribution in [2.75, 3.05) is 33.9 Å². The average molecular weight is 569 g/mol. The van der Waals surface area contributed by atoms with E-state index >= 15 is 0 Å². The third-order valence-corrected chi connectivity index (χ3v) is 7.49. The second kappa shape index (κ2) is 13.2. The van der Waals surface area contributed by atoms with Gasteiger partial charge in [-0.3, -0.25) is 14.4 Å². The Labute approximate surface area is 238 Å². The summed E-state index contributed by atoms with van der Waals surface area (Å²) in [5.74, 6) is -1.44. The van der Waals surface area contributed by atoms with Crippen LogP contribution >= 0.6 is 0 Å². The smallest absolute Gasteiger partial charge is 0.290 e. The topological polar surface area (TPSA) is 155 Å². The summed E-state index contributed by atoms with van der Waals surface area (Å²) in [4.78, 5) is 40.8. The van der Waals surface area contributed by atoms with Gasteiger partial charge >= 0.3 is 0 Å². The van der Waals surface area contributed by atoms with Crippen LogP contribution in [0.25, 0.3) is 0 Å². The summed E-state index contributed by atoms with van der Waals surface area (Å²) < 4.78 is 17.1. The zero-order valence-corrected chi connectivity index (χ0v) is 23.3. The number of hydrogen-bond acceptors (Lipinski definition) is 9. The third kappa shape index (κ3) is 5.92. The maximum Gasteiger partial charge on any atom is 0.290 e. The summed E-state index contributed by atoms with van der Waals surface area (Å²) in [5.41, 5.74) is 2.07. The normalized spacial score (nSPS) is 20.7. The van der Waals surface area contributed by atoms with Crippen LogP contribution in [0.3, 0.4) is 0 Å². The van der Waals surface area contributed by atoms with Crippen LogP contribution in [0.2, 0.25) is 0 Å². The lowest BCUT2D eigenvalue weighted by Gasteiger charge is -2.40.